The fourth-order valence-electron chi connectivity index (χ4n) is 3.66. The van der Waals surface area contributed by atoms with E-state index in [-0.39, 0.29) is 23.3 Å². The summed E-state index contributed by atoms with van der Waals surface area (Å²) in [5.41, 5.74) is 6.11. The molecule has 2 aliphatic rings. The Bertz CT molecular complexity index is 593. The summed E-state index contributed by atoms with van der Waals surface area (Å²) in [6.07, 6.45) is 2.06. The lowest BCUT2D eigenvalue weighted by atomic mass is 9.98. The third kappa shape index (κ3) is 2.41. The molecule has 0 aromatic heterocycles. The largest absolute Gasteiger partial charge is 0.493 e. The van der Waals surface area contributed by atoms with Crippen molar-refractivity contribution < 1.29 is 18.7 Å². The van der Waals surface area contributed by atoms with E-state index < -0.39 is 5.82 Å². The van der Waals surface area contributed by atoms with Gasteiger partial charge >= 0.3 is 0 Å². The third-order valence-corrected chi connectivity index (χ3v) is 4.90. The summed E-state index contributed by atoms with van der Waals surface area (Å²) in [4.78, 5) is 14.3. The van der Waals surface area contributed by atoms with Gasteiger partial charge in [0.2, 0.25) is 0 Å². The molecule has 2 N–H and O–H groups in total. The van der Waals surface area contributed by atoms with Gasteiger partial charge in [-0.3, -0.25) is 4.79 Å². The maximum Gasteiger partial charge on any atom is 0.256 e. The first-order chi connectivity index (χ1) is 10.5. The van der Waals surface area contributed by atoms with E-state index >= 15 is 0 Å². The van der Waals surface area contributed by atoms with Gasteiger partial charge in [0.15, 0.2) is 11.5 Å². The molecule has 120 valence electrons. The first kappa shape index (κ1) is 15.1. The number of ether oxygens (including phenoxy) is 2. The molecule has 0 radical (unpaired) electrons. The van der Waals surface area contributed by atoms with Crippen molar-refractivity contribution in [3.63, 3.8) is 0 Å². The van der Waals surface area contributed by atoms with Crippen LogP contribution in [0, 0.1) is 17.7 Å². The first-order valence-electron chi connectivity index (χ1n) is 7.51. The Morgan fingerprint density at radius 1 is 1.23 bits per heavy atom. The second-order valence-electron chi connectivity index (χ2n) is 6.06. The molecule has 2 fully saturated rings. The number of nitrogens with two attached hydrogens (primary N) is 1. The molecule has 1 heterocycles. The van der Waals surface area contributed by atoms with E-state index in [0.717, 1.165) is 12.8 Å². The molecule has 0 bridgehead atoms. The lowest BCUT2D eigenvalue weighted by Crippen LogP contribution is -2.33. The number of likely N-dealkylation sites (tertiary alicyclic amines) is 1. The predicted molar refractivity (Wildman–Crippen MR) is 79.6 cm³/mol. The van der Waals surface area contributed by atoms with Crippen LogP contribution in [0.2, 0.25) is 0 Å². The molecule has 5 nitrogen and oxygen atoms in total. The highest BCUT2D eigenvalue weighted by Gasteiger charge is 2.43. The molecule has 1 aromatic rings. The van der Waals surface area contributed by atoms with Crippen LogP contribution in [-0.4, -0.2) is 44.2 Å². The number of hydrogen-bond donors (Lipinski definition) is 1. The summed E-state index contributed by atoms with van der Waals surface area (Å²) in [6.45, 7) is 1.27. The van der Waals surface area contributed by atoms with Gasteiger partial charge in [0, 0.05) is 25.2 Å². The summed E-state index contributed by atoms with van der Waals surface area (Å²) in [5.74, 6) is 0.513. The van der Waals surface area contributed by atoms with Crippen molar-refractivity contribution in [1.82, 2.24) is 4.90 Å². The minimum atomic E-state index is -0.594. The Labute approximate surface area is 129 Å². The molecule has 3 atom stereocenters. The normalized spacial score (nSPS) is 26.9. The quantitative estimate of drug-likeness (QED) is 0.922. The zero-order valence-electron chi connectivity index (χ0n) is 12.8. The monoisotopic (exact) mass is 308 g/mol. The average molecular weight is 308 g/mol. The zero-order valence-corrected chi connectivity index (χ0v) is 12.8. The van der Waals surface area contributed by atoms with Crippen LogP contribution >= 0.6 is 0 Å². The van der Waals surface area contributed by atoms with Crippen LogP contribution in [0.4, 0.5) is 4.39 Å². The number of amides is 1. The van der Waals surface area contributed by atoms with Crippen LogP contribution in [0.5, 0.6) is 11.5 Å². The van der Waals surface area contributed by atoms with Crippen molar-refractivity contribution in [1.29, 1.82) is 0 Å². The predicted octanol–water partition coefficient (Wildman–Crippen LogP) is 1.65. The van der Waals surface area contributed by atoms with Gasteiger partial charge < -0.3 is 20.1 Å². The minimum Gasteiger partial charge on any atom is -0.493 e. The summed E-state index contributed by atoms with van der Waals surface area (Å²) in [6, 6.07) is 2.75. The van der Waals surface area contributed by atoms with Crippen molar-refractivity contribution >= 4 is 5.91 Å². The molecule has 22 heavy (non-hydrogen) atoms. The Balaban J connectivity index is 1.84. The SMILES string of the molecule is COc1cc(F)c(C(=O)N2CC3CCC(N)C3C2)cc1OC. The number of carbonyl (C=O) groups excluding carboxylic acids is 1. The van der Waals surface area contributed by atoms with Crippen LogP contribution in [0.3, 0.4) is 0 Å². The van der Waals surface area contributed by atoms with Gasteiger partial charge in [-0.05, 0) is 30.7 Å². The van der Waals surface area contributed by atoms with E-state index in [0.29, 0.717) is 30.7 Å². The van der Waals surface area contributed by atoms with Crippen LogP contribution in [0.1, 0.15) is 23.2 Å². The molecule has 1 aliphatic heterocycles. The maximum absolute atomic E-state index is 14.2. The number of nitrogens with zero attached hydrogens (tertiary/aromatic N) is 1. The van der Waals surface area contributed by atoms with Gasteiger partial charge in [0.1, 0.15) is 5.82 Å². The standard InChI is InChI=1S/C16H21FN2O3/c1-21-14-5-10(12(17)6-15(14)22-2)16(20)19-7-9-3-4-13(18)11(9)8-19/h5-6,9,11,13H,3-4,7-8,18H2,1-2H3. The Morgan fingerprint density at radius 2 is 1.91 bits per heavy atom. The second kappa shape index (κ2) is 5.76. The molecular formula is C16H21FN2O3. The van der Waals surface area contributed by atoms with Gasteiger partial charge in [0.05, 0.1) is 19.8 Å². The van der Waals surface area contributed by atoms with E-state index in [1.165, 1.54) is 26.4 Å². The molecule has 6 heteroatoms. The number of benzene rings is 1. The second-order valence-corrected chi connectivity index (χ2v) is 6.06. The highest BCUT2D eigenvalue weighted by atomic mass is 19.1. The minimum absolute atomic E-state index is 0.0196. The number of methoxy groups -OCH3 is 2. The highest BCUT2D eigenvalue weighted by molar-refractivity contribution is 5.95. The Morgan fingerprint density at radius 3 is 2.55 bits per heavy atom. The van der Waals surface area contributed by atoms with Crippen molar-refractivity contribution in [3.05, 3.63) is 23.5 Å². The fraction of sp³-hybridized carbons (Fsp3) is 0.562. The number of halogens is 1. The van der Waals surface area contributed by atoms with Crippen molar-refractivity contribution in [2.45, 2.75) is 18.9 Å². The number of rotatable bonds is 3. The van der Waals surface area contributed by atoms with Crippen LogP contribution in [0.25, 0.3) is 0 Å². The van der Waals surface area contributed by atoms with E-state index in [1.54, 1.807) is 4.90 Å². The fourth-order valence-corrected chi connectivity index (χ4v) is 3.66. The summed E-state index contributed by atoms with van der Waals surface area (Å²) in [5, 5.41) is 0. The van der Waals surface area contributed by atoms with Gasteiger partial charge in [0.25, 0.3) is 5.91 Å². The van der Waals surface area contributed by atoms with Gasteiger partial charge in [-0.2, -0.15) is 0 Å². The number of fused-ring (bicyclic) bond motifs is 1. The van der Waals surface area contributed by atoms with Gasteiger partial charge in [-0.25, -0.2) is 4.39 Å². The molecule has 3 unspecified atom stereocenters. The summed E-state index contributed by atoms with van der Waals surface area (Å²) >= 11 is 0. The lowest BCUT2D eigenvalue weighted by molar-refractivity contribution is 0.0774. The molecule has 0 spiro atoms. The smallest absolute Gasteiger partial charge is 0.256 e. The molecule has 1 saturated carbocycles. The number of hydrogen-bond acceptors (Lipinski definition) is 4. The summed E-state index contributed by atoms with van der Waals surface area (Å²) < 4.78 is 24.4. The van der Waals surface area contributed by atoms with E-state index in [4.69, 9.17) is 15.2 Å². The summed E-state index contributed by atoms with van der Waals surface area (Å²) in [7, 11) is 2.89. The zero-order chi connectivity index (χ0) is 15.9. The lowest BCUT2D eigenvalue weighted by Gasteiger charge is -2.20. The average Bonchev–Trinajstić information content (AvgIpc) is 3.08. The third-order valence-electron chi connectivity index (χ3n) is 4.90. The number of carbonyl (C=O) groups is 1. The maximum atomic E-state index is 14.2. The molecular weight excluding hydrogens is 287 g/mol. The van der Waals surface area contributed by atoms with E-state index in [2.05, 4.69) is 0 Å². The molecule has 1 aromatic carbocycles. The molecule has 1 amide bonds. The molecule has 1 aliphatic carbocycles. The Hall–Kier alpha value is -1.82. The van der Waals surface area contributed by atoms with E-state index in [9.17, 15) is 9.18 Å². The topological polar surface area (TPSA) is 64.8 Å². The van der Waals surface area contributed by atoms with Crippen molar-refractivity contribution in [2.75, 3.05) is 27.3 Å². The van der Waals surface area contributed by atoms with Crippen LogP contribution < -0.4 is 15.2 Å². The van der Waals surface area contributed by atoms with Gasteiger partial charge in [-0.1, -0.05) is 0 Å². The van der Waals surface area contributed by atoms with Crippen molar-refractivity contribution in [2.24, 2.45) is 17.6 Å². The molecule has 1 saturated heterocycles. The highest BCUT2D eigenvalue weighted by Crippen LogP contribution is 2.38. The Kier molecular flexibility index (Phi) is 3.95. The van der Waals surface area contributed by atoms with Crippen LogP contribution in [-0.2, 0) is 0 Å². The molecule has 3 rings (SSSR count). The van der Waals surface area contributed by atoms with E-state index in [1.807, 2.05) is 0 Å². The van der Waals surface area contributed by atoms with Crippen LogP contribution in [0.15, 0.2) is 12.1 Å². The first-order valence-corrected chi connectivity index (χ1v) is 7.51. The van der Waals surface area contributed by atoms with Gasteiger partial charge in [-0.15, -0.1) is 0 Å². The van der Waals surface area contributed by atoms with Crippen molar-refractivity contribution in [3.8, 4) is 11.5 Å².